The molecule has 3 heterocycles. The Morgan fingerprint density at radius 2 is 1.90 bits per heavy atom. The van der Waals surface area contributed by atoms with E-state index in [0.29, 0.717) is 23.9 Å². The van der Waals surface area contributed by atoms with Crippen LogP contribution in [0.5, 0.6) is 0 Å². The van der Waals surface area contributed by atoms with Crippen LogP contribution in [0.1, 0.15) is 43.9 Å². The van der Waals surface area contributed by atoms with Crippen LogP contribution in [0.4, 0.5) is 23.1 Å². The Morgan fingerprint density at radius 1 is 1.13 bits per heavy atom. The SMILES string of the molecule is CCCCCCc1nc(Nc2ccc(N3CCNCC3)cc2)nc2c1CC(C(N)=O)=N2. The van der Waals surface area contributed by atoms with Crippen molar-refractivity contribution < 1.29 is 4.79 Å². The third kappa shape index (κ3) is 5.19. The highest BCUT2D eigenvalue weighted by molar-refractivity contribution is 6.40. The average Bonchev–Trinajstić information content (AvgIpc) is 3.23. The Labute approximate surface area is 183 Å². The first-order chi connectivity index (χ1) is 15.1. The smallest absolute Gasteiger partial charge is 0.263 e. The van der Waals surface area contributed by atoms with Gasteiger partial charge in [-0.3, -0.25) is 4.79 Å². The number of nitrogens with two attached hydrogens (primary N) is 1. The number of hydrogen-bond acceptors (Lipinski definition) is 7. The predicted octanol–water partition coefficient (Wildman–Crippen LogP) is 2.87. The van der Waals surface area contributed by atoms with Gasteiger partial charge in [0, 0.05) is 49.5 Å². The van der Waals surface area contributed by atoms with Crippen molar-refractivity contribution in [2.75, 3.05) is 36.4 Å². The van der Waals surface area contributed by atoms with E-state index in [4.69, 9.17) is 10.7 Å². The van der Waals surface area contributed by atoms with Gasteiger partial charge in [-0.2, -0.15) is 4.98 Å². The Kier molecular flexibility index (Phi) is 6.76. The molecular formula is C23H31N7O. The number of primary amides is 1. The van der Waals surface area contributed by atoms with Crippen molar-refractivity contribution in [1.82, 2.24) is 15.3 Å². The van der Waals surface area contributed by atoms with E-state index in [1.807, 2.05) is 12.1 Å². The summed E-state index contributed by atoms with van der Waals surface area (Å²) >= 11 is 0. The number of benzene rings is 1. The molecule has 0 radical (unpaired) electrons. The van der Waals surface area contributed by atoms with Crippen LogP contribution in [0.2, 0.25) is 0 Å². The zero-order chi connectivity index (χ0) is 21.6. The van der Waals surface area contributed by atoms with Crippen LogP contribution < -0.4 is 21.3 Å². The number of piperazine rings is 1. The second kappa shape index (κ2) is 9.87. The largest absolute Gasteiger partial charge is 0.369 e. The molecule has 31 heavy (non-hydrogen) atoms. The summed E-state index contributed by atoms with van der Waals surface area (Å²) in [6.45, 7) is 6.26. The number of aliphatic imine (C=N–C) groups is 1. The number of aromatic nitrogens is 2. The van der Waals surface area contributed by atoms with E-state index in [1.165, 1.54) is 18.5 Å². The number of fused-ring (bicyclic) bond motifs is 1. The fourth-order valence-electron chi connectivity index (χ4n) is 4.06. The van der Waals surface area contributed by atoms with Crippen LogP contribution in [0, 0.1) is 0 Å². The highest BCUT2D eigenvalue weighted by Gasteiger charge is 2.24. The van der Waals surface area contributed by atoms with Gasteiger partial charge in [-0.25, -0.2) is 9.98 Å². The normalized spacial score (nSPS) is 15.5. The van der Waals surface area contributed by atoms with Gasteiger partial charge >= 0.3 is 0 Å². The number of aryl methyl sites for hydroxylation is 1. The fourth-order valence-corrected chi connectivity index (χ4v) is 4.06. The van der Waals surface area contributed by atoms with Crippen molar-refractivity contribution in [2.24, 2.45) is 10.7 Å². The van der Waals surface area contributed by atoms with Crippen molar-refractivity contribution in [3.8, 4) is 0 Å². The number of carbonyl (C=O) groups is 1. The first-order valence-electron chi connectivity index (χ1n) is 11.2. The molecular weight excluding hydrogens is 390 g/mol. The standard InChI is InChI=1S/C23H31N7O/c1-2-3-4-5-6-19-18-15-20(21(24)31)27-22(18)29-23(28-19)26-16-7-9-17(10-8-16)30-13-11-25-12-14-30/h7-10,25H,2-6,11-15H2,1H3,(H2,24,31)(H,26,28,29). The van der Waals surface area contributed by atoms with Gasteiger partial charge in [-0.1, -0.05) is 26.2 Å². The molecule has 1 saturated heterocycles. The second-order valence-corrected chi connectivity index (χ2v) is 8.12. The van der Waals surface area contributed by atoms with Crippen LogP contribution in [-0.2, 0) is 17.6 Å². The minimum absolute atomic E-state index is 0.358. The molecule has 1 aromatic heterocycles. The first-order valence-corrected chi connectivity index (χ1v) is 11.2. The van der Waals surface area contributed by atoms with Crippen LogP contribution in [0.25, 0.3) is 0 Å². The number of carbonyl (C=O) groups excluding carboxylic acids is 1. The third-order valence-electron chi connectivity index (χ3n) is 5.81. The van der Waals surface area contributed by atoms with Crippen molar-refractivity contribution in [3.05, 3.63) is 35.5 Å². The topological polar surface area (TPSA) is 109 Å². The van der Waals surface area contributed by atoms with E-state index in [1.54, 1.807) is 0 Å². The fraction of sp³-hybridized carbons (Fsp3) is 0.478. The lowest BCUT2D eigenvalue weighted by Crippen LogP contribution is -2.43. The molecule has 0 saturated carbocycles. The predicted molar refractivity (Wildman–Crippen MR) is 125 cm³/mol. The average molecular weight is 422 g/mol. The molecule has 8 heteroatoms. The van der Waals surface area contributed by atoms with Gasteiger partial charge in [0.1, 0.15) is 5.71 Å². The van der Waals surface area contributed by atoms with E-state index in [9.17, 15) is 4.79 Å². The van der Waals surface area contributed by atoms with Crippen LogP contribution >= 0.6 is 0 Å². The summed E-state index contributed by atoms with van der Waals surface area (Å²) in [6, 6.07) is 8.34. The van der Waals surface area contributed by atoms with Gasteiger partial charge in [-0.05, 0) is 37.1 Å². The lowest BCUT2D eigenvalue weighted by molar-refractivity contribution is -0.112. The zero-order valence-corrected chi connectivity index (χ0v) is 18.2. The maximum Gasteiger partial charge on any atom is 0.263 e. The quantitative estimate of drug-likeness (QED) is 0.537. The van der Waals surface area contributed by atoms with Crippen molar-refractivity contribution in [2.45, 2.75) is 45.4 Å². The number of nitrogens with one attached hydrogen (secondary N) is 2. The van der Waals surface area contributed by atoms with Crippen LogP contribution in [0.3, 0.4) is 0 Å². The number of unbranched alkanes of at least 4 members (excludes halogenated alkanes) is 3. The lowest BCUT2D eigenvalue weighted by Gasteiger charge is -2.29. The van der Waals surface area contributed by atoms with Gasteiger partial charge < -0.3 is 21.3 Å². The number of amides is 1. The molecule has 164 valence electrons. The summed E-state index contributed by atoms with van der Waals surface area (Å²) in [7, 11) is 0. The number of hydrogen-bond donors (Lipinski definition) is 3. The molecule has 8 nitrogen and oxygen atoms in total. The summed E-state index contributed by atoms with van der Waals surface area (Å²) in [5.41, 5.74) is 9.86. The number of nitrogens with zero attached hydrogens (tertiary/aromatic N) is 4. The molecule has 4 N–H and O–H groups in total. The molecule has 4 rings (SSSR count). The molecule has 2 aromatic rings. The Balaban J connectivity index is 1.52. The summed E-state index contributed by atoms with van der Waals surface area (Å²) in [5.74, 6) is 0.579. The highest BCUT2D eigenvalue weighted by atomic mass is 16.1. The summed E-state index contributed by atoms with van der Waals surface area (Å²) in [6.07, 6.45) is 5.89. The minimum Gasteiger partial charge on any atom is -0.369 e. The van der Waals surface area contributed by atoms with Gasteiger partial charge in [-0.15, -0.1) is 0 Å². The van der Waals surface area contributed by atoms with Gasteiger partial charge in [0.05, 0.1) is 5.69 Å². The molecule has 0 atom stereocenters. The lowest BCUT2D eigenvalue weighted by atomic mass is 10.0. The van der Waals surface area contributed by atoms with E-state index >= 15 is 0 Å². The first kappa shape index (κ1) is 21.2. The summed E-state index contributed by atoms with van der Waals surface area (Å²) in [5, 5.41) is 6.69. The van der Waals surface area contributed by atoms with Crippen LogP contribution in [0.15, 0.2) is 29.3 Å². The second-order valence-electron chi connectivity index (χ2n) is 8.12. The van der Waals surface area contributed by atoms with Crippen molar-refractivity contribution in [1.29, 1.82) is 0 Å². The third-order valence-corrected chi connectivity index (χ3v) is 5.81. The van der Waals surface area contributed by atoms with E-state index < -0.39 is 5.91 Å². The molecule has 2 aliphatic rings. The van der Waals surface area contributed by atoms with Gasteiger partial charge in [0.15, 0.2) is 5.82 Å². The summed E-state index contributed by atoms with van der Waals surface area (Å²) < 4.78 is 0. The minimum atomic E-state index is -0.493. The van der Waals surface area contributed by atoms with E-state index in [0.717, 1.165) is 62.4 Å². The Bertz CT molecular complexity index is 949. The Hall–Kier alpha value is -3.00. The Morgan fingerprint density at radius 3 is 2.61 bits per heavy atom. The molecule has 0 aliphatic carbocycles. The van der Waals surface area contributed by atoms with E-state index in [-0.39, 0.29) is 0 Å². The zero-order valence-electron chi connectivity index (χ0n) is 18.2. The van der Waals surface area contributed by atoms with E-state index in [2.05, 4.69) is 44.6 Å². The molecule has 0 unspecified atom stereocenters. The molecule has 1 aromatic carbocycles. The van der Waals surface area contributed by atoms with Gasteiger partial charge in [0.25, 0.3) is 5.91 Å². The highest BCUT2D eigenvalue weighted by Crippen LogP contribution is 2.30. The maximum absolute atomic E-state index is 11.6. The molecule has 0 spiro atoms. The monoisotopic (exact) mass is 421 g/mol. The molecule has 2 aliphatic heterocycles. The maximum atomic E-state index is 11.6. The summed E-state index contributed by atoms with van der Waals surface area (Å²) in [4.78, 5) is 27.7. The molecule has 1 fully saturated rings. The van der Waals surface area contributed by atoms with Crippen molar-refractivity contribution in [3.63, 3.8) is 0 Å². The van der Waals surface area contributed by atoms with Crippen molar-refractivity contribution >= 4 is 34.8 Å². The van der Waals surface area contributed by atoms with Crippen LogP contribution in [-0.4, -0.2) is 47.8 Å². The molecule has 0 bridgehead atoms. The number of anilines is 3. The van der Waals surface area contributed by atoms with Gasteiger partial charge in [0.2, 0.25) is 5.95 Å². The molecule has 1 amide bonds. The number of rotatable bonds is 9.